The van der Waals surface area contributed by atoms with Crippen molar-refractivity contribution in [2.75, 3.05) is 6.54 Å². The lowest BCUT2D eigenvalue weighted by Gasteiger charge is -2.43. The highest BCUT2D eigenvalue weighted by molar-refractivity contribution is 9.10. The molecule has 20 heavy (non-hydrogen) atoms. The van der Waals surface area contributed by atoms with Crippen LogP contribution in [0.1, 0.15) is 50.5 Å². The molecule has 1 aromatic heterocycles. The fourth-order valence-electron chi connectivity index (χ4n) is 3.27. The van der Waals surface area contributed by atoms with Crippen LogP contribution in [0, 0.1) is 17.3 Å². The maximum atomic E-state index is 10.8. The monoisotopic (exact) mass is 379 g/mol. The van der Waals surface area contributed by atoms with Crippen LogP contribution < -0.4 is 5.73 Å². The minimum atomic E-state index is -0.505. The number of aliphatic hydroxyl groups is 1. The molecule has 2 nitrogen and oxygen atoms in total. The lowest BCUT2D eigenvalue weighted by atomic mass is 9.65. The van der Waals surface area contributed by atoms with Gasteiger partial charge in [0.25, 0.3) is 0 Å². The molecule has 0 amide bonds. The smallest absolute Gasteiger partial charge is 0.107 e. The van der Waals surface area contributed by atoms with Crippen molar-refractivity contribution in [1.82, 2.24) is 0 Å². The van der Waals surface area contributed by atoms with Crippen molar-refractivity contribution < 1.29 is 5.11 Å². The number of halogens is 2. The molecule has 3 N–H and O–H groups in total. The van der Waals surface area contributed by atoms with Crippen molar-refractivity contribution in [2.45, 2.75) is 45.6 Å². The molecule has 0 bridgehead atoms. The predicted octanol–water partition coefficient (Wildman–Crippen LogP) is 4.99. The maximum Gasteiger partial charge on any atom is 0.107 e. The first kappa shape index (κ1) is 16.8. The third-order valence-corrected chi connectivity index (χ3v) is 7.42. The molecule has 5 heteroatoms. The van der Waals surface area contributed by atoms with Gasteiger partial charge in [0.15, 0.2) is 0 Å². The molecule has 1 saturated carbocycles. The van der Waals surface area contributed by atoms with Crippen LogP contribution in [0.15, 0.2) is 10.5 Å². The highest BCUT2D eigenvalue weighted by Crippen LogP contribution is 2.50. The summed E-state index contributed by atoms with van der Waals surface area (Å²) in [7, 11) is 0. The van der Waals surface area contributed by atoms with E-state index in [0.29, 0.717) is 16.8 Å². The summed E-state index contributed by atoms with van der Waals surface area (Å²) in [5.41, 5.74) is 5.86. The molecule has 0 aliphatic heterocycles. The number of rotatable bonds is 4. The van der Waals surface area contributed by atoms with Crippen LogP contribution in [0.4, 0.5) is 0 Å². The first-order valence-corrected chi connectivity index (χ1v) is 9.21. The summed E-state index contributed by atoms with van der Waals surface area (Å²) in [5, 5.41) is 10.8. The van der Waals surface area contributed by atoms with E-state index in [9.17, 15) is 5.11 Å². The highest BCUT2D eigenvalue weighted by atomic mass is 79.9. The van der Waals surface area contributed by atoms with E-state index in [-0.39, 0.29) is 5.41 Å². The average molecular weight is 381 g/mol. The molecule has 1 unspecified atom stereocenters. The lowest BCUT2D eigenvalue weighted by molar-refractivity contribution is -0.0127. The van der Waals surface area contributed by atoms with Crippen molar-refractivity contribution >= 4 is 38.9 Å². The van der Waals surface area contributed by atoms with Crippen LogP contribution in [0.2, 0.25) is 4.34 Å². The van der Waals surface area contributed by atoms with Gasteiger partial charge in [-0.05, 0) is 59.5 Å². The summed E-state index contributed by atoms with van der Waals surface area (Å²) in [6, 6.07) is 1.93. The van der Waals surface area contributed by atoms with Crippen LogP contribution in [-0.4, -0.2) is 11.7 Å². The normalized spacial score (nSPS) is 28.9. The van der Waals surface area contributed by atoms with E-state index in [1.807, 2.05) is 6.07 Å². The molecule has 1 fully saturated rings. The van der Waals surface area contributed by atoms with Gasteiger partial charge in [-0.2, -0.15) is 0 Å². The molecule has 1 aliphatic rings. The Balaban J connectivity index is 2.15. The number of aliphatic hydroxyl groups excluding tert-OH is 1. The summed E-state index contributed by atoms with van der Waals surface area (Å²) in [4.78, 5) is 0.926. The lowest BCUT2D eigenvalue weighted by Crippen LogP contribution is -2.40. The summed E-state index contributed by atoms with van der Waals surface area (Å²) < 4.78 is 1.56. The van der Waals surface area contributed by atoms with Crippen molar-refractivity contribution in [3.8, 4) is 0 Å². The molecule has 1 heterocycles. The SMILES string of the molecule is CC(C)C1CCC(CN)(C(O)c2cc(Br)c(Cl)s2)CC1. The fourth-order valence-corrected chi connectivity index (χ4v) is 5.14. The molecule has 1 aliphatic carbocycles. The molecule has 2 rings (SSSR count). The van der Waals surface area contributed by atoms with Crippen LogP contribution in [0.25, 0.3) is 0 Å². The highest BCUT2D eigenvalue weighted by Gasteiger charge is 2.42. The van der Waals surface area contributed by atoms with Gasteiger partial charge in [0.05, 0.1) is 6.10 Å². The third kappa shape index (κ3) is 3.25. The molecule has 0 spiro atoms. The van der Waals surface area contributed by atoms with E-state index in [1.54, 1.807) is 0 Å². The van der Waals surface area contributed by atoms with E-state index in [0.717, 1.165) is 41.0 Å². The largest absolute Gasteiger partial charge is 0.387 e. The van der Waals surface area contributed by atoms with Crippen molar-refractivity contribution in [2.24, 2.45) is 23.0 Å². The second kappa shape index (κ2) is 6.66. The third-order valence-electron chi connectivity index (χ3n) is 4.89. The average Bonchev–Trinajstić information content (AvgIpc) is 2.77. The van der Waals surface area contributed by atoms with E-state index < -0.39 is 6.10 Å². The van der Waals surface area contributed by atoms with E-state index in [1.165, 1.54) is 11.3 Å². The van der Waals surface area contributed by atoms with Gasteiger partial charge in [0.1, 0.15) is 4.34 Å². The molecule has 0 aromatic carbocycles. The second-order valence-electron chi connectivity index (χ2n) is 6.32. The molecule has 1 atom stereocenters. The first-order chi connectivity index (χ1) is 9.39. The van der Waals surface area contributed by atoms with Gasteiger partial charge in [0.2, 0.25) is 0 Å². The predicted molar refractivity (Wildman–Crippen MR) is 90.3 cm³/mol. The van der Waals surface area contributed by atoms with Gasteiger partial charge >= 0.3 is 0 Å². The molecular formula is C15H23BrClNOS. The summed E-state index contributed by atoms with van der Waals surface area (Å²) >= 11 is 11.0. The Labute approximate surface area is 138 Å². The zero-order valence-corrected chi connectivity index (χ0v) is 15.2. The maximum absolute atomic E-state index is 10.8. The fraction of sp³-hybridized carbons (Fsp3) is 0.733. The number of thiophene rings is 1. The zero-order valence-electron chi connectivity index (χ0n) is 12.0. The summed E-state index contributed by atoms with van der Waals surface area (Å²) in [6.45, 7) is 5.10. The Morgan fingerprint density at radius 2 is 2.10 bits per heavy atom. The first-order valence-electron chi connectivity index (χ1n) is 7.22. The van der Waals surface area contributed by atoms with Gasteiger partial charge in [0, 0.05) is 21.3 Å². The number of nitrogens with two attached hydrogens (primary N) is 1. The quantitative estimate of drug-likeness (QED) is 0.773. The molecule has 0 saturated heterocycles. The standard InChI is InChI=1S/C15H23BrClNOS/c1-9(2)10-3-5-15(8-18,6-4-10)13(19)12-7-11(16)14(17)20-12/h7,9-10,13,19H,3-6,8,18H2,1-2H3. The Kier molecular flexibility index (Phi) is 5.58. The van der Waals surface area contributed by atoms with Crippen LogP contribution in [0.3, 0.4) is 0 Å². The zero-order chi connectivity index (χ0) is 14.9. The Morgan fingerprint density at radius 1 is 1.50 bits per heavy atom. The topological polar surface area (TPSA) is 46.2 Å². The second-order valence-corrected chi connectivity index (χ2v) is 8.86. The Hall–Kier alpha value is 0.390. The minimum Gasteiger partial charge on any atom is -0.387 e. The minimum absolute atomic E-state index is 0.182. The van der Waals surface area contributed by atoms with Gasteiger partial charge in [-0.15, -0.1) is 11.3 Å². The van der Waals surface area contributed by atoms with E-state index in [4.69, 9.17) is 17.3 Å². The Bertz CT molecular complexity index is 435. The van der Waals surface area contributed by atoms with E-state index in [2.05, 4.69) is 29.8 Å². The van der Waals surface area contributed by atoms with Crippen LogP contribution in [0.5, 0.6) is 0 Å². The van der Waals surface area contributed by atoms with Gasteiger partial charge in [-0.1, -0.05) is 25.4 Å². The number of hydrogen-bond donors (Lipinski definition) is 2. The summed E-state index contributed by atoms with van der Waals surface area (Å²) in [6.07, 6.45) is 3.81. The summed E-state index contributed by atoms with van der Waals surface area (Å²) in [5.74, 6) is 1.48. The Morgan fingerprint density at radius 3 is 2.50 bits per heavy atom. The van der Waals surface area contributed by atoms with Crippen LogP contribution in [-0.2, 0) is 0 Å². The molecule has 1 aromatic rings. The van der Waals surface area contributed by atoms with Crippen molar-refractivity contribution in [3.05, 3.63) is 19.8 Å². The number of hydrogen-bond acceptors (Lipinski definition) is 3. The van der Waals surface area contributed by atoms with Crippen molar-refractivity contribution in [1.29, 1.82) is 0 Å². The molecule has 0 radical (unpaired) electrons. The van der Waals surface area contributed by atoms with Crippen molar-refractivity contribution in [3.63, 3.8) is 0 Å². The van der Waals surface area contributed by atoms with Crippen LogP contribution >= 0.6 is 38.9 Å². The molecular weight excluding hydrogens is 358 g/mol. The van der Waals surface area contributed by atoms with Gasteiger partial charge in [-0.25, -0.2) is 0 Å². The molecule has 114 valence electrons. The van der Waals surface area contributed by atoms with E-state index >= 15 is 0 Å². The van der Waals surface area contributed by atoms with Gasteiger partial charge < -0.3 is 10.8 Å². The van der Waals surface area contributed by atoms with Gasteiger partial charge in [-0.3, -0.25) is 0 Å².